The molecule has 2 aromatic rings. The molecule has 0 heterocycles. The summed E-state index contributed by atoms with van der Waals surface area (Å²) in [6, 6.07) is 11.9. The van der Waals surface area contributed by atoms with Gasteiger partial charge < -0.3 is 15.3 Å². The van der Waals surface area contributed by atoms with Crippen LogP contribution >= 0.6 is 15.9 Å². The van der Waals surface area contributed by atoms with Gasteiger partial charge in [0.15, 0.2) is 0 Å². The third kappa shape index (κ3) is 3.45. The van der Waals surface area contributed by atoms with Crippen LogP contribution in [0.3, 0.4) is 0 Å². The van der Waals surface area contributed by atoms with Gasteiger partial charge in [0.2, 0.25) is 0 Å². The molecule has 2 aromatic carbocycles. The number of hydrogen-bond acceptors (Lipinski definition) is 3. The van der Waals surface area contributed by atoms with Crippen molar-refractivity contribution in [2.24, 2.45) is 0 Å². The molecule has 4 heteroatoms. The van der Waals surface area contributed by atoms with Crippen LogP contribution in [0.2, 0.25) is 0 Å². The highest BCUT2D eigenvalue weighted by Crippen LogP contribution is 2.26. The summed E-state index contributed by atoms with van der Waals surface area (Å²) < 4.78 is 0.717. The predicted octanol–water partition coefficient (Wildman–Crippen LogP) is 4.14. The van der Waals surface area contributed by atoms with Crippen LogP contribution in [0.25, 0.3) is 0 Å². The van der Waals surface area contributed by atoms with Gasteiger partial charge in [0.25, 0.3) is 0 Å². The van der Waals surface area contributed by atoms with Gasteiger partial charge in [-0.25, -0.2) is 0 Å². The SMILES string of the molecule is Cc1ccc(NCc2ccc(O)c(Br)c2)cc1N(C)C. The Kier molecular flexibility index (Phi) is 4.55. The minimum absolute atomic E-state index is 0.263. The summed E-state index contributed by atoms with van der Waals surface area (Å²) in [7, 11) is 4.09. The number of benzene rings is 2. The highest BCUT2D eigenvalue weighted by Gasteiger charge is 2.03. The maximum absolute atomic E-state index is 9.48. The number of phenols is 1. The monoisotopic (exact) mass is 334 g/mol. The number of halogens is 1. The molecule has 0 bridgehead atoms. The second kappa shape index (κ2) is 6.18. The predicted molar refractivity (Wildman–Crippen MR) is 88.6 cm³/mol. The van der Waals surface area contributed by atoms with Gasteiger partial charge in [-0.2, -0.15) is 0 Å². The molecule has 106 valence electrons. The van der Waals surface area contributed by atoms with E-state index in [2.05, 4.69) is 51.3 Å². The van der Waals surface area contributed by atoms with Gasteiger partial charge in [-0.3, -0.25) is 0 Å². The van der Waals surface area contributed by atoms with Gasteiger partial charge in [-0.1, -0.05) is 12.1 Å². The lowest BCUT2D eigenvalue weighted by Gasteiger charge is -2.17. The molecule has 3 nitrogen and oxygen atoms in total. The Labute approximate surface area is 128 Å². The highest BCUT2D eigenvalue weighted by atomic mass is 79.9. The molecule has 20 heavy (non-hydrogen) atoms. The first-order chi connectivity index (χ1) is 9.47. The van der Waals surface area contributed by atoms with Crippen molar-refractivity contribution in [1.29, 1.82) is 0 Å². The van der Waals surface area contributed by atoms with Gasteiger partial charge in [-0.15, -0.1) is 0 Å². The van der Waals surface area contributed by atoms with E-state index in [-0.39, 0.29) is 5.75 Å². The number of hydrogen-bond donors (Lipinski definition) is 2. The Morgan fingerprint density at radius 3 is 2.55 bits per heavy atom. The summed E-state index contributed by atoms with van der Waals surface area (Å²) in [4.78, 5) is 2.11. The molecule has 0 radical (unpaired) electrons. The van der Waals surface area contributed by atoms with Crippen molar-refractivity contribution >= 4 is 27.3 Å². The highest BCUT2D eigenvalue weighted by molar-refractivity contribution is 9.10. The van der Waals surface area contributed by atoms with Crippen molar-refractivity contribution in [2.75, 3.05) is 24.3 Å². The molecule has 0 unspecified atom stereocenters. The summed E-state index contributed by atoms with van der Waals surface area (Å²) >= 11 is 3.33. The van der Waals surface area contributed by atoms with Gasteiger partial charge >= 0.3 is 0 Å². The van der Waals surface area contributed by atoms with Gasteiger partial charge in [0.1, 0.15) is 5.75 Å². The minimum atomic E-state index is 0.263. The van der Waals surface area contributed by atoms with E-state index in [4.69, 9.17) is 0 Å². The minimum Gasteiger partial charge on any atom is -0.507 e. The Bertz CT molecular complexity index is 611. The molecular weight excluding hydrogens is 316 g/mol. The van der Waals surface area contributed by atoms with Crippen LogP contribution in [-0.2, 0) is 6.54 Å². The largest absolute Gasteiger partial charge is 0.507 e. The molecular formula is C16H19BrN2O. The van der Waals surface area contributed by atoms with Gasteiger partial charge in [-0.05, 0) is 58.2 Å². The average molecular weight is 335 g/mol. The number of nitrogens with one attached hydrogen (secondary N) is 1. The Balaban J connectivity index is 2.10. The first-order valence-electron chi connectivity index (χ1n) is 6.46. The molecule has 0 atom stereocenters. The Morgan fingerprint density at radius 2 is 1.90 bits per heavy atom. The molecule has 0 amide bonds. The third-order valence-corrected chi connectivity index (χ3v) is 3.83. The van der Waals surface area contributed by atoms with Crippen LogP contribution in [0.4, 0.5) is 11.4 Å². The van der Waals surface area contributed by atoms with Crippen molar-refractivity contribution in [1.82, 2.24) is 0 Å². The lowest BCUT2D eigenvalue weighted by atomic mass is 10.1. The van der Waals surface area contributed by atoms with E-state index < -0.39 is 0 Å². The summed E-state index contributed by atoms with van der Waals surface area (Å²) in [6.45, 7) is 2.82. The molecule has 0 fully saturated rings. The third-order valence-electron chi connectivity index (χ3n) is 3.20. The fourth-order valence-electron chi connectivity index (χ4n) is 2.07. The Hall–Kier alpha value is -1.68. The molecule has 0 aliphatic heterocycles. The summed E-state index contributed by atoms with van der Waals surface area (Å²) in [5, 5.41) is 12.9. The van der Waals surface area contributed by atoms with Crippen molar-refractivity contribution in [3.05, 3.63) is 52.0 Å². The maximum atomic E-state index is 9.48. The first kappa shape index (κ1) is 14.7. The topological polar surface area (TPSA) is 35.5 Å². The number of rotatable bonds is 4. The second-order valence-electron chi connectivity index (χ2n) is 5.04. The average Bonchev–Trinajstić information content (AvgIpc) is 2.41. The molecule has 0 aliphatic rings. The number of nitrogens with zero attached hydrogens (tertiary/aromatic N) is 1. The molecule has 0 saturated carbocycles. The second-order valence-corrected chi connectivity index (χ2v) is 5.89. The van der Waals surface area contributed by atoms with Crippen LogP contribution in [0.15, 0.2) is 40.9 Å². The van der Waals surface area contributed by atoms with Gasteiger partial charge in [0.05, 0.1) is 4.47 Å². The fraction of sp³-hybridized carbons (Fsp3) is 0.250. The van der Waals surface area contributed by atoms with Crippen LogP contribution < -0.4 is 10.2 Å². The number of anilines is 2. The summed E-state index contributed by atoms with van der Waals surface area (Å²) in [5.41, 5.74) is 4.67. The Morgan fingerprint density at radius 1 is 1.15 bits per heavy atom. The van der Waals surface area contributed by atoms with Crippen LogP contribution in [0, 0.1) is 6.92 Å². The van der Waals surface area contributed by atoms with Crippen molar-refractivity contribution in [3.8, 4) is 5.75 Å². The van der Waals surface area contributed by atoms with Crippen molar-refractivity contribution < 1.29 is 5.11 Å². The number of phenolic OH excluding ortho intramolecular Hbond substituents is 1. The van der Waals surface area contributed by atoms with Crippen molar-refractivity contribution in [2.45, 2.75) is 13.5 Å². The van der Waals surface area contributed by atoms with E-state index in [0.717, 1.165) is 22.3 Å². The van der Waals surface area contributed by atoms with E-state index >= 15 is 0 Å². The molecule has 2 N–H and O–H groups in total. The van der Waals surface area contributed by atoms with Crippen LogP contribution in [-0.4, -0.2) is 19.2 Å². The molecule has 2 rings (SSSR count). The van der Waals surface area contributed by atoms with Crippen molar-refractivity contribution in [3.63, 3.8) is 0 Å². The summed E-state index contributed by atoms with van der Waals surface area (Å²) in [6.07, 6.45) is 0. The van der Waals surface area contributed by atoms with E-state index in [0.29, 0.717) is 0 Å². The van der Waals surface area contributed by atoms with E-state index in [1.807, 2.05) is 26.2 Å². The lowest BCUT2D eigenvalue weighted by molar-refractivity contribution is 0.471. The van der Waals surface area contributed by atoms with Crippen LogP contribution in [0.5, 0.6) is 5.75 Å². The van der Waals surface area contributed by atoms with E-state index in [1.165, 1.54) is 11.3 Å². The van der Waals surface area contributed by atoms with E-state index in [1.54, 1.807) is 6.07 Å². The number of aryl methyl sites for hydroxylation is 1. The first-order valence-corrected chi connectivity index (χ1v) is 7.26. The number of aromatic hydroxyl groups is 1. The molecule has 0 aliphatic carbocycles. The smallest absolute Gasteiger partial charge is 0.129 e. The zero-order valence-electron chi connectivity index (χ0n) is 11.9. The van der Waals surface area contributed by atoms with Crippen LogP contribution in [0.1, 0.15) is 11.1 Å². The zero-order valence-corrected chi connectivity index (χ0v) is 13.5. The summed E-state index contributed by atoms with van der Waals surface area (Å²) in [5.74, 6) is 0.263. The van der Waals surface area contributed by atoms with E-state index in [9.17, 15) is 5.11 Å². The lowest BCUT2D eigenvalue weighted by Crippen LogP contribution is -2.10. The molecule has 0 saturated heterocycles. The van der Waals surface area contributed by atoms with Gasteiger partial charge in [0, 0.05) is 32.0 Å². The standard InChI is InChI=1S/C16H19BrN2O/c1-11-4-6-13(9-15(11)19(2)3)18-10-12-5-7-16(20)14(17)8-12/h4-9,18,20H,10H2,1-3H3. The fourth-order valence-corrected chi connectivity index (χ4v) is 2.49. The normalized spacial score (nSPS) is 10.4. The maximum Gasteiger partial charge on any atom is 0.129 e. The quantitative estimate of drug-likeness (QED) is 0.881. The zero-order chi connectivity index (χ0) is 14.7. The molecule has 0 aromatic heterocycles. The molecule has 0 spiro atoms.